The number of rotatable bonds is 8. The molecule has 0 spiro atoms. The van der Waals surface area contributed by atoms with Gasteiger partial charge >= 0.3 is 0 Å². The van der Waals surface area contributed by atoms with Crippen molar-refractivity contribution in [3.8, 4) is 5.75 Å². The number of ether oxygens (including phenoxy) is 1. The Bertz CT molecular complexity index is 902. The van der Waals surface area contributed by atoms with Gasteiger partial charge in [0.2, 0.25) is 0 Å². The summed E-state index contributed by atoms with van der Waals surface area (Å²) in [6.07, 6.45) is 3.03. The second-order valence-electron chi connectivity index (χ2n) is 5.59. The van der Waals surface area contributed by atoms with E-state index < -0.39 is 16.7 Å². The van der Waals surface area contributed by atoms with E-state index in [1.54, 1.807) is 31.4 Å². The summed E-state index contributed by atoms with van der Waals surface area (Å²) in [5.74, 6) is -0.404. The average molecular weight is 381 g/mol. The van der Waals surface area contributed by atoms with E-state index in [1.807, 2.05) is 0 Å². The van der Waals surface area contributed by atoms with Crippen molar-refractivity contribution >= 4 is 23.6 Å². The Morgan fingerprint density at radius 1 is 1.14 bits per heavy atom. The minimum atomic E-state index is -0.566. The normalized spacial score (nSPS) is 10.7. The third-order valence-corrected chi connectivity index (χ3v) is 3.67. The third-order valence-electron chi connectivity index (χ3n) is 3.67. The first-order valence-corrected chi connectivity index (χ1v) is 8.25. The second kappa shape index (κ2) is 9.67. The molecule has 8 heteroatoms. The highest BCUT2D eigenvalue weighted by molar-refractivity contribution is 6.05. The molecule has 0 aliphatic carbocycles. The van der Waals surface area contributed by atoms with Crippen LogP contribution in [0.5, 0.6) is 5.75 Å². The quantitative estimate of drug-likeness (QED) is 0.316. The number of carbonyl (C=O) groups excluding carboxylic acids is 2. The van der Waals surface area contributed by atoms with E-state index in [-0.39, 0.29) is 23.5 Å². The number of nitrogens with zero attached hydrogens (tertiary/aromatic N) is 1. The van der Waals surface area contributed by atoms with Crippen molar-refractivity contribution in [1.29, 1.82) is 0 Å². The van der Waals surface area contributed by atoms with E-state index in [1.165, 1.54) is 36.4 Å². The van der Waals surface area contributed by atoms with E-state index >= 15 is 0 Å². The third kappa shape index (κ3) is 5.53. The van der Waals surface area contributed by atoms with Crippen LogP contribution in [0.15, 0.2) is 66.9 Å². The summed E-state index contributed by atoms with van der Waals surface area (Å²) in [4.78, 5) is 35.0. The zero-order valence-electron chi connectivity index (χ0n) is 15.2. The molecule has 0 radical (unpaired) electrons. The summed E-state index contributed by atoms with van der Waals surface area (Å²) in [6, 6.07) is 12.0. The number of methoxy groups -OCH3 is 1. The maximum atomic E-state index is 12.5. The molecule has 0 heterocycles. The molecule has 2 amide bonds. The zero-order chi connectivity index (χ0) is 20.5. The van der Waals surface area contributed by atoms with Crippen molar-refractivity contribution in [2.24, 2.45) is 0 Å². The van der Waals surface area contributed by atoms with Crippen molar-refractivity contribution in [3.05, 3.63) is 88.1 Å². The number of benzene rings is 2. The Labute approximate surface area is 161 Å². The van der Waals surface area contributed by atoms with Gasteiger partial charge in [0.15, 0.2) is 0 Å². The molecule has 2 aromatic rings. The molecular formula is C20H19N3O5. The average Bonchev–Trinajstić information content (AvgIpc) is 2.72. The number of hydrogen-bond acceptors (Lipinski definition) is 5. The summed E-state index contributed by atoms with van der Waals surface area (Å²) in [5.41, 5.74) is 0.751. The van der Waals surface area contributed by atoms with Crippen LogP contribution in [-0.2, 0) is 4.79 Å². The lowest BCUT2D eigenvalue weighted by Crippen LogP contribution is -2.34. The van der Waals surface area contributed by atoms with Crippen LogP contribution >= 0.6 is 0 Å². The summed E-state index contributed by atoms with van der Waals surface area (Å²) in [5, 5.41) is 15.9. The summed E-state index contributed by atoms with van der Waals surface area (Å²) < 4.78 is 5.09. The first-order valence-electron chi connectivity index (χ1n) is 8.25. The number of amides is 2. The van der Waals surface area contributed by atoms with E-state index in [0.29, 0.717) is 11.3 Å². The monoisotopic (exact) mass is 381 g/mol. The van der Waals surface area contributed by atoms with Crippen LogP contribution < -0.4 is 15.4 Å². The summed E-state index contributed by atoms with van der Waals surface area (Å²) >= 11 is 0. The molecule has 28 heavy (non-hydrogen) atoms. The van der Waals surface area contributed by atoms with Gasteiger partial charge in [-0.3, -0.25) is 19.7 Å². The lowest BCUT2D eigenvalue weighted by atomic mass is 10.1. The predicted octanol–water partition coefficient (Wildman–Crippen LogP) is 2.68. The Morgan fingerprint density at radius 3 is 2.32 bits per heavy atom. The highest BCUT2D eigenvalue weighted by atomic mass is 16.6. The molecule has 0 saturated carbocycles. The van der Waals surface area contributed by atoms with Gasteiger partial charge in [-0.15, -0.1) is 6.58 Å². The number of carbonyl (C=O) groups is 2. The molecule has 2 rings (SSSR count). The number of non-ortho nitro benzene ring substituents is 1. The zero-order valence-corrected chi connectivity index (χ0v) is 15.2. The Hall–Kier alpha value is -3.94. The molecule has 0 unspecified atom stereocenters. The molecule has 0 saturated heterocycles. The minimum Gasteiger partial charge on any atom is -0.497 e. The molecule has 0 aliphatic rings. The van der Waals surface area contributed by atoms with Crippen LogP contribution in [0.2, 0.25) is 0 Å². The van der Waals surface area contributed by atoms with E-state index in [9.17, 15) is 19.7 Å². The van der Waals surface area contributed by atoms with Crippen LogP contribution in [0.25, 0.3) is 6.08 Å². The largest absolute Gasteiger partial charge is 0.497 e. The smallest absolute Gasteiger partial charge is 0.269 e. The van der Waals surface area contributed by atoms with Gasteiger partial charge in [0, 0.05) is 24.2 Å². The van der Waals surface area contributed by atoms with Crippen LogP contribution in [0.3, 0.4) is 0 Å². The van der Waals surface area contributed by atoms with E-state index in [2.05, 4.69) is 17.2 Å². The Kier molecular flexibility index (Phi) is 7.04. The lowest BCUT2D eigenvalue weighted by Gasteiger charge is -2.10. The maximum Gasteiger partial charge on any atom is 0.269 e. The molecule has 2 N–H and O–H groups in total. The molecule has 0 aromatic heterocycles. The van der Waals surface area contributed by atoms with Crippen molar-refractivity contribution in [2.75, 3.05) is 13.7 Å². The van der Waals surface area contributed by atoms with Gasteiger partial charge in [0.05, 0.1) is 12.0 Å². The number of nitrogens with one attached hydrogen (secondary N) is 2. The molecule has 8 nitrogen and oxygen atoms in total. The van der Waals surface area contributed by atoms with Gasteiger partial charge in [-0.1, -0.05) is 18.2 Å². The molecule has 0 atom stereocenters. The first-order chi connectivity index (χ1) is 13.4. The fraction of sp³-hybridized carbons (Fsp3) is 0.100. The number of nitro benzene ring substituents is 1. The standard InChI is InChI=1S/C20H19N3O5/c1-3-12-21-20(25)18(13-14-4-10-17(28-2)11-5-14)22-19(24)15-6-8-16(9-7-15)23(26)27/h3-11,13H,1,12H2,2H3,(H,21,25)(H,22,24)/b18-13+. The van der Waals surface area contributed by atoms with Crippen molar-refractivity contribution in [3.63, 3.8) is 0 Å². The van der Waals surface area contributed by atoms with Crippen LogP contribution in [0.4, 0.5) is 5.69 Å². The van der Waals surface area contributed by atoms with Gasteiger partial charge in [0.1, 0.15) is 11.4 Å². The Morgan fingerprint density at radius 2 is 1.79 bits per heavy atom. The van der Waals surface area contributed by atoms with Crippen molar-refractivity contribution in [2.45, 2.75) is 0 Å². The molecule has 0 aliphatic heterocycles. The molecule has 0 bridgehead atoms. The molecule has 2 aromatic carbocycles. The first kappa shape index (κ1) is 20.4. The van der Waals surface area contributed by atoms with Crippen molar-refractivity contribution < 1.29 is 19.2 Å². The fourth-order valence-corrected chi connectivity index (χ4v) is 2.21. The molecular weight excluding hydrogens is 362 g/mol. The van der Waals surface area contributed by atoms with E-state index in [0.717, 1.165) is 0 Å². The predicted molar refractivity (Wildman–Crippen MR) is 105 cm³/mol. The van der Waals surface area contributed by atoms with E-state index in [4.69, 9.17) is 4.74 Å². The number of nitro groups is 1. The topological polar surface area (TPSA) is 111 Å². The second-order valence-corrected chi connectivity index (χ2v) is 5.59. The van der Waals surface area contributed by atoms with Crippen molar-refractivity contribution in [1.82, 2.24) is 10.6 Å². The van der Waals surface area contributed by atoms with Gasteiger partial charge < -0.3 is 15.4 Å². The molecule has 144 valence electrons. The lowest BCUT2D eigenvalue weighted by molar-refractivity contribution is -0.384. The highest BCUT2D eigenvalue weighted by Gasteiger charge is 2.15. The summed E-state index contributed by atoms with van der Waals surface area (Å²) in [7, 11) is 1.55. The van der Waals surface area contributed by atoms with Gasteiger partial charge in [0.25, 0.3) is 17.5 Å². The van der Waals surface area contributed by atoms with Crippen LogP contribution in [0, 0.1) is 10.1 Å². The summed E-state index contributed by atoms with van der Waals surface area (Å²) in [6.45, 7) is 3.76. The van der Waals surface area contributed by atoms with Gasteiger partial charge in [-0.05, 0) is 35.9 Å². The van der Waals surface area contributed by atoms with Crippen LogP contribution in [0.1, 0.15) is 15.9 Å². The van der Waals surface area contributed by atoms with Gasteiger partial charge in [-0.25, -0.2) is 0 Å². The van der Waals surface area contributed by atoms with Crippen LogP contribution in [-0.4, -0.2) is 30.4 Å². The maximum absolute atomic E-state index is 12.5. The Balaban J connectivity index is 2.25. The number of hydrogen-bond donors (Lipinski definition) is 2. The molecule has 0 fully saturated rings. The SMILES string of the molecule is C=CCNC(=O)/C(=C\c1ccc(OC)cc1)NC(=O)c1ccc([N+](=O)[O-])cc1. The minimum absolute atomic E-state index is 0.0235. The fourth-order valence-electron chi connectivity index (χ4n) is 2.21. The van der Waals surface area contributed by atoms with Gasteiger partial charge in [-0.2, -0.15) is 0 Å². The highest BCUT2D eigenvalue weighted by Crippen LogP contribution is 2.15.